The number of hydrogen-bond acceptors (Lipinski definition) is 8. The Morgan fingerprint density at radius 3 is 2.56 bits per heavy atom. The number of amides is 1. The van der Waals surface area contributed by atoms with Crippen molar-refractivity contribution in [1.82, 2.24) is 28.7 Å². The second kappa shape index (κ2) is 10.6. The maximum atomic E-state index is 13.3. The molecule has 0 radical (unpaired) electrons. The molecule has 0 aromatic carbocycles. The van der Waals surface area contributed by atoms with E-state index in [-0.39, 0.29) is 48.1 Å². The summed E-state index contributed by atoms with van der Waals surface area (Å²) in [6.07, 6.45) is -1.20. The Morgan fingerprint density at radius 1 is 1.10 bits per heavy atom. The topological polar surface area (TPSA) is 137 Å². The van der Waals surface area contributed by atoms with E-state index in [4.69, 9.17) is 0 Å². The van der Waals surface area contributed by atoms with E-state index in [1.165, 1.54) is 42.0 Å². The molecule has 1 aliphatic heterocycles. The normalized spacial score (nSPS) is 15.4. The highest BCUT2D eigenvalue weighted by atomic mass is 19.4. The first-order valence-corrected chi connectivity index (χ1v) is 12.6. The van der Waals surface area contributed by atoms with Crippen LogP contribution in [0.4, 0.5) is 24.8 Å². The number of fused-ring (bicyclic) bond motifs is 1. The summed E-state index contributed by atoms with van der Waals surface area (Å²) in [6.45, 7) is 0.779. The highest BCUT2D eigenvalue weighted by molar-refractivity contribution is 5.90. The van der Waals surface area contributed by atoms with Crippen molar-refractivity contribution in [2.45, 2.75) is 45.1 Å². The fourth-order valence-corrected chi connectivity index (χ4v) is 4.89. The van der Waals surface area contributed by atoms with Gasteiger partial charge in [-0.2, -0.15) is 13.2 Å². The van der Waals surface area contributed by atoms with Crippen LogP contribution in [0, 0.1) is 0 Å². The van der Waals surface area contributed by atoms with Gasteiger partial charge in [0.05, 0.1) is 18.6 Å². The van der Waals surface area contributed by atoms with E-state index >= 15 is 0 Å². The van der Waals surface area contributed by atoms with Crippen LogP contribution in [-0.2, 0) is 29.7 Å². The van der Waals surface area contributed by atoms with Gasteiger partial charge in [-0.3, -0.25) is 23.5 Å². The van der Waals surface area contributed by atoms with Crippen LogP contribution in [0.1, 0.15) is 19.8 Å². The Balaban J connectivity index is 1.33. The number of Topliss-reactive ketones (excluding diaryl/α,β-unsaturated/α-hetero) is 1. The molecule has 4 aromatic heterocycles. The van der Waals surface area contributed by atoms with Crippen molar-refractivity contribution in [2.24, 2.45) is 7.05 Å². The fraction of sp³-hybridized carbons (Fsp3) is 0.346. The molecule has 5 rings (SSSR count). The lowest BCUT2D eigenvalue weighted by atomic mass is 10.2. The Bertz CT molecular complexity index is 1760. The number of hydrogen-bond donors (Lipinski definition) is 1. The summed E-state index contributed by atoms with van der Waals surface area (Å²) in [5, 5.41) is 2.64. The number of nitrogens with zero attached hydrogens (tertiary/aromatic N) is 7. The summed E-state index contributed by atoms with van der Waals surface area (Å²) >= 11 is 0. The molecular formula is C26H25F3N8O4. The third kappa shape index (κ3) is 5.47. The van der Waals surface area contributed by atoms with Gasteiger partial charge in [0.1, 0.15) is 30.0 Å². The summed E-state index contributed by atoms with van der Waals surface area (Å²) in [4.78, 5) is 63.9. The minimum Gasteiger partial charge on any atom is -0.345 e. The molecular weight excluding hydrogens is 545 g/mol. The zero-order chi connectivity index (χ0) is 29.5. The van der Waals surface area contributed by atoms with Crippen LogP contribution in [0.25, 0.3) is 22.4 Å². The molecule has 12 nitrogen and oxygen atoms in total. The van der Waals surface area contributed by atoms with Crippen molar-refractivity contribution in [2.75, 3.05) is 16.8 Å². The van der Waals surface area contributed by atoms with Gasteiger partial charge in [-0.25, -0.2) is 19.7 Å². The molecule has 0 spiro atoms. The number of halogens is 3. The number of pyridine rings is 2. The maximum absolute atomic E-state index is 13.3. The smallest absolute Gasteiger partial charge is 0.345 e. The first kappa shape index (κ1) is 27.7. The molecule has 1 N–H and O–H groups in total. The second-order valence-electron chi connectivity index (χ2n) is 9.73. The Labute approximate surface area is 230 Å². The van der Waals surface area contributed by atoms with E-state index in [2.05, 4.69) is 20.3 Å². The van der Waals surface area contributed by atoms with Crippen LogP contribution >= 0.6 is 0 Å². The molecule has 0 bridgehead atoms. The number of alkyl halides is 3. The Kier molecular flexibility index (Phi) is 7.19. The van der Waals surface area contributed by atoms with E-state index in [1.807, 2.05) is 0 Å². The summed E-state index contributed by atoms with van der Waals surface area (Å²) in [6, 6.07) is 6.44. The number of aromatic nitrogens is 6. The first-order valence-electron chi connectivity index (χ1n) is 12.6. The van der Waals surface area contributed by atoms with Crippen molar-refractivity contribution < 1.29 is 22.8 Å². The number of rotatable bonds is 7. The molecule has 0 unspecified atom stereocenters. The number of nitrogens with one attached hydrogen (secondary N) is 1. The predicted octanol–water partition coefficient (Wildman–Crippen LogP) is 2.11. The van der Waals surface area contributed by atoms with E-state index in [1.54, 1.807) is 24.3 Å². The summed E-state index contributed by atoms with van der Waals surface area (Å²) in [5.74, 6) is -0.504. The van der Waals surface area contributed by atoms with Gasteiger partial charge in [-0.1, -0.05) is 6.07 Å². The Hall–Kier alpha value is -4.82. The van der Waals surface area contributed by atoms with Gasteiger partial charge >= 0.3 is 11.9 Å². The van der Waals surface area contributed by atoms with Gasteiger partial charge in [0, 0.05) is 25.4 Å². The standard InChI is InChI=1S/C26H25F3N8O4/c1-15(38)12-37-24(40)22-23(34(2)25(37)41)31-14-35(22)13-21(39)33-19-7-3-5-17(32-19)16-8-9-20(30-11-16)36-10-4-6-18(36)26(27,28)29/h3,5,7-9,11,14,18H,4,6,10,12-13H2,1-2H3,(H,32,33,39)/t18-/m0/s1. The monoisotopic (exact) mass is 570 g/mol. The first-order chi connectivity index (χ1) is 19.4. The van der Waals surface area contributed by atoms with Crippen molar-refractivity contribution in [3.05, 3.63) is 63.7 Å². The van der Waals surface area contributed by atoms with Gasteiger partial charge in [0.15, 0.2) is 11.2 Å². The summed E-state index contributed by atoms with van der Waals surface area (Å²) < 4.78 is 43.2. The highest BCUT2D eigenvalue weighted by Crippen LogP contribution is 2.35. The van der Waals surface area contributed by atoms with Crippen molar-refractivity contribution in [3.8, 4) is 11.3 Å². The lowest BCUT2D eigenvalue weighted by Gasteiger charge is -2.27. The van der Waals surface area contributed by atoms with E-state index in [9.17, 15) is 32.3 Å². The summed E-state index contributed by atoms with van der Waals surface area (Å²) in [5.41, 5.74) is -0.404. The van der Waals surface area contributed by atoms with Crippen LogP contribution < -0.4 is 21.5 Å². The fourth-order valence-electron chi connectivity index (χ4n) is 4.89. The van der Waals surface area contributed by atoms with Gasteiger partial charge in [0.2, 0.25) is 5.91 Å². The van der Waals surface area contributed by atoms with Crippen LogP contribution in [0.2, 0.25) is 0 Å². The van der Waals surface area contributed by atoms with Crippen molar-refractivity contribution in [1.29, 1.82) is 0 Å². The second-order valence-corrected chi connectivity index (χ2v) is 9.73. The average molecular weight is 571 g/mol. The van der Waals surface area contributed by atoms with Crippen molar-refractivity contribution >= 4 is 34.5 Å². The SMILES string of the molecule is CC(=O)Cn1c(=O)c2c(ncn2CC(=O)Nc2cccc(-c3ccc(N4CCC[C@H]4C(F)(F)F)nc3)n2)n(C)c1=O. The van der Waals surface area contributed by atoms with Crippen LogP contribution in [0.5, 0.6) is 0 Å². The zero-order valence-corrected chi connectivity index (χ0v) is 22.1. The molecule has 1 atom stereocenters. The third-order valence-electron chi connectivity index (χ3n) is 6.78. The predicted molar refractivity (Wildman–Crippen MR) is 142 cm³/mol. The zero-order valence-electron chi connectivity index (χ0n) is 22.1. The van der Waals surface area contributed by atoms with E-state index in [0.29, 0.717) is 17.7 Å². The number of anilines is 2. The van der Waals surface area contributed by atoms with E-state index in [0.717, 1.165) is 9.13 Å². The molecule has 4 aromatic rings. The lowest BCUT2D eigenvalue weighted by molar-refractivity contribution is -0.146. The highest BCUT2D eigenvalue weighted by Gasteiger charge is 2.46. The number of ketones is 1. The molecule has 0 aliphatic carbocycles. The quantitative estimate of drug-likeness (QED) is 0.357. The van der Waals surface area contributed by atoms with Crippen LogP contribution in [0.3, 0.4) is 0 Å². The molecule has 214 valence electrons. The number of carbonyl (C=O) groups is 2. The van der Waals surface area contributed by atoms with Crippen LogP contribution in [0.15, 0.2) is 52.4 Å². The Morgan fingerprint density at radius 2 is 1.88 bits per heavy atom. The molecule has 5 heterocycles. The molecule has 41 heavy (non-hydrogen) atoms. The average Bonchev–Trinajstić information content (AvgIpc) is 3.58. The molecule has 1 aliphatic rings. The molecule has 1 fully saturated rings. The maximum Gasteiger partial charge on any atom is 0.408 e. The largest absolute Gasteiger partial charge is 0.408 e. The molecule has 1 amide bonds. The van der Waals surface area contributed by atoms with Gasteiger partial charge < -0.3 is 14.8 Å². The van der Waals surface area contributed by atoms with Crippen molar-refractivity contribution in [3.63, 3.8) is 0 Å². The van der Waals surface area contributed by atoms with Gasteiger partial charge in [-0.05, 0) is 44.0 Å². The number of aryl methyl sites for hydroxylation is 1. The van der Waals surface area contributed by atoms with Gasteiger partial charge in [0.25, 0.3) is 5.56 Å². The number of imidazole rings is 1. The summed E-state index contributed by atoms with van der Waals surface area (Å²) in [7, 11) is 1.41. The molecule has 0 saturated carbocycles. The third-order valence-corrected chi connectivity index (χ3v) is 6.78. The molecule has 15 heteroatoms. The lowest BCUT2D eigenvalue weighted by Crippen LogP contribution is -2.41. The minimum atomic E-state index is -4.34. The van der Waals surface area contributed by atoms with Crippen LogP contribution in [-0.4, -0.2) is 59.1 Å². The minimum absolute atomic E-state index is 0.0119. The van der Waals surface area contributed by atoms with Gasteiger partial charge in [-0.15, -0.1) is 0 Å². The molecule has 1 saturated heterocycles. The van der Waals surface area contributed by atoms with E-state index < -0.39 is 35.9 Å². The number of carbonyl (C=O) groups excluding carboxylic acids is 2.